The zero-order valence-electron chi connectivity index (χ0n) is 10.7. The first-order valence-electron chi connectivity index (χ1n) is 6.07. The lowest BCUT2D eigenvalue weighted by atomic mass is 10.1. The summed E-state index contributed by atoms with van der Waals surface area (Å²) in [6.45, 7) is 0.672. The van der Waals surface area contributed by atoms with E-state index in [9.17, 15) is 4.79 Å². The third-order valence-corrected chi connectivity index (χ3v) is 3.18. The fourth-order valence-electron chi connectivity index (χ4n) is 1.76. The zero-order valence-corrected chi connectivity index (χ0v) is 11.5. The van der Waals surface area contributed by atoms with Gasteiger partial charge in [-0.05, 0) is 48.4 Å². The molecule has 0 N–H and O–H groups in total. The van der Waals surface area contributed by atoms with E-state index < -0.39 is 0 Å². The summed E-state index contributed by atoms with van der Waals surface area (Å²) in [5.74, 6) is 0.00530. The van der Waals surface area contributed by atoms with Crippen LogP contribution in [-0.4, -0.2) is 29.4 Å². The van der Waals surface area contributed by atoms with E-state index >= 15 is 0 Å². The monoisotopic (exact) mass is 274 g/mol. The van der Waals surface area contributed by atoms with Crippen LogP contribution in [0.2, 0.25) is 5.02 Å². The van der Waals surface area contributed by atoms with Crippen molar-refractivity contribution in [2.45, 2.75) is 6.42 Å². The molecule has 1 aromatic carbocycles. The van der Waals surface area contributed by atoms with Gasteiger partial charge in [-0.15, -0.1) is 0 Å². The minimum absolute atomic E-state index is 0.00530. The smallest absolute Gasteiger partial charge is 0.253 e. The molecule has 0 bridgehead atoms. The number of halogens is 1. The quantitative estimate of drug-likeness (QED) is 0.859. The Bertz CT molecular complexity index is 540. The molecule has 98 valence electrons. The first kappa shape index (κ1) is 13.6. The Morgan fingerprint density at radius 2 is 1.79 bits per heavy atom. The average Bonchev–Trinajstić information content (AvgIpc) is 2.46. The Hall–Kier alpha value is -1.87. The van der Waals surface area contributed by atoms with Crippen molar-refractivity contribution in [3.8, 4) is 0 Å². The molecule has 2 aromatic rings. The third-order valence-electron chi connectivity index (χ3n) is 2.92. The van der Waals surface area contributed by atoms with Gasteiger partial charge in [-0.1, -0.05) is 11.6 Å². The number of pyridine rings is 1. The highest BCUT2D eigenvalue weighted by Gasteiger charge is 2.11. The molecule has 19 heavy (non-hydrogen) atoms. The Labute approximate surface area is 117 Å². The number of hydrogen-bond acceptors (Lipinski definition) is 2. The normalized spacial score (nSPS) is 10.2. The molecule has 4 heteroatoms. The van der Waals surface area contributed by atoms with Gasteiger partial charge in [-0.25, -0.2) is 0 Å². The van der Waals surface area contributed by atoms with E-state index in [1.54, 1.807) is 48.6 Å². The van der Waals surface area contributed by atoms with Gasteiger partial charge in [0.1, 0.15) is 0 Å². The number of benzene rings is 1. The molecule has 0 spiro atoms. The van der Waals surface area contributed by atoms with Gasteiger partial charge >= 0.3 is 0 Å². The summed E-state index contributed by atoms with van der Waals surface area (Å²) in [4.78, 5) is 17.8. The summed E-state index contributed by atoms with van der Waals surface area (Å²) < 4.78 is 0. The fourth-order valence-corrected chi connectivity index (χ4v) is 1.89. The Morgan fingerprint density at radius 1 is 1.16 bits per heavy atom. The zero-order chi connectivity index (χ0) is 13.7. The SMILES string of the molecule is CN(CCc1ccncc1)C(=O)c1ccc(Cl)cc1. The number of aromatic nitrogens is 1. The van der Waals surface area contributed by atoms with Gasteiger partial charge in [0.25, 0.3) is 5.91 Å². The molecule has 3 nitrogen and oxygen atoms in total. The maximum absolute atomic E-state index is 12.1. The van der Waals surface area contributed by atoms with Crippen LogP contribution in [0.4, 0.5) is 0 Å². The number of amides is 1. The average molecular weight is 275 g/mol. The van der Waals surface area contributed by atoms with Crippen molar-refractivity contribution >= 4 is 17.5 Å². The lowest BCUT2D eigenvalue weighted by Crippen LogP contribution is -2.28. The number of hydrogen-bond donors (Lipinski definition) is 0. The summed E-state index contributed by atoms with van der Waals surface area (Å²) in [5.41, 5.74) is 1.83. The lowest BCUT2D eigenvalue weighted by molar-refractivity contribution is 0.0796. The highest BCUT2D eigenvalue weighted by atomic mass is 35.5. The highest BCUT2D eigenvalue weighted by molar-refractivity contribution is 6.30. The number of carbonyl (C=O) groups is 1. The molecular formula is C15H15ClN2O. The molecule has 1 heterocycles. The van der Waals surface area contributed by atoms with E-state index in [2.05, 4.69) is 4.98 Å². The van der Waals surface area contributed by atoms with Crippen LogP contribution in [-0.2, 0) is 6.42 Å². The van der Waals surface area contributed by atoms with Crippen molar-refractivity contribution in [3.63, 3.8) is 0 Å². The van der Waals surface area contributed by atoms with Crippen LogP contribution in [0.25, 0.3) is 0 Å². The molecule has 0 radical (unpaired) electrons. The molecule has 0 fully saturated rings. The van der Waals surface area contributed by atoms with Crippen LogP contribution in [0, 0.1) is 0 Å². The molecule has 0 aliphatic carbocycles. The fraction of sp³-hybridized carbons (Fsp3) is 0.200. The summed E-state index contributed by atoms with van der Waals surface area (Å²) in [7, 11) is 1.80. The van der Waals surface area contributed by atoms with Crippen LogP contribution >= 0.6 is 11.6 Å². The van der Waals surface area contributed by atoms with E-state index in [0.29, 0.717) is 17.1 Å². The summed E-state index contributed by atoms with van der Waals surface area (Å²) >= 11 is 5.81. The number of rotatable bonds is 4. The van der Waals surface area contributed by atoms with Gasteiger partial charge in [0.2, 0.25) is 0 Å². The first-order valence-corrected chi connectivity index (χ1v) is 6.44. The van der Waals surface area contributed by atoms with Crippen LogP contribution in [0.3, 0.4) is 0 Å². The summed E-state index contributed by atoms with van der Waals surface area (Å²) in [5, 5.41) is 0.635. The van der Waals surface area contributed by atoms with Crippen LogP contribution in [0.15, 0.2) is 48.8 Å². The van der Waals surface area contributed by atoms with Crippen molar-refractivity contribution in [3.05, 3.63) is 64.9 Å². The molecule has 0 saturated heterocycles. The Kier molecular flexibility index (Phi) is 4.53. The number of nitrogens with zero attached hydrogens (tertiary/aromatic N) is 2. The molecular weight excluding hydrogens is 260 g/mol. The standard InChI is InChI=1S/C15H15ClN2O/c1-18(11-8-12-6-9-17-10-7-12)15(19)13-2-4-14(16)5-3-13/h2-7,9-10H,8,11H2,1H3. The Balaban J connectivity index is 1.94. The van der Waals surface area contributed by atoms with Gasteiger partial charge in [-0.3, -0.25) is 9.78 Å². The second-order valence-electron chi connectivity index (χ2n) is 4.34. The van der Waals surface area contributed by atoms with Crippen molar-refractivity contribution in [2.24, 2.45) is 0 Å². The van der Waals surface area contributed by atoms with Crippen LogP contribution in [0.5, 0.6) is 0 Å². The van der Waals surface area contributed by atoms with E-state index in [-0.39, 0.29) is 5.91 Å². The third kappa shape index (κ3) is 3.80. The predicted molar refractivity (Wildman–Crippen MR) is 76.4 cm³/mol. The molecule has 0 unspecified atom stereocenters. The van der Waals surface area contributed by atoms with Gasteiger partial charge in [0.15, 0.2) is 0 Å². The molecule has 0 atom stereocenters. The molecule has 0 saturated carbocycles. The molecule has 0 aliphatic rings. The maximum atomic E-state index is 12.1. The minimum atomic E-state index is 0.00530. The first-order chi connectivity index (χ1) is 9.16. The van der Waals surface area contributed by atoms with E-state index in [4.69, 9.17) is 11.6 Å². The van der Waals surface area contributed by atoms with Crippen LogP contribution in [0.1, 0.15) is 15.9 Å². The predicted octanol–water partition coefficient (Wildman–Crippen LogP) is 3.05. The van der Waals surface area contributed by atoms with E-state index in [1.807, 2.05) is 12.1 Å². The Morgan fingerprint density at radius 3 is 2.42 bits per heavy atom. The molecule has 2 rings (SSSR count). The van der Waals surface area contributed by atoms with Gasteiger partial charge in [0, 0.05) is 36.6 Å². The molecule has 1 aromatic heterocycles. The van der Waals surface area contributed by atoms with Gasteiger partial charge in [-0.2, -0.15) is 0 Å². The minimum Gasteiger partial charge on any atom is -0.341 e. The summed E-state index contributed by atoms with van der Waals surface area (Å²) in [6.07, 6.45) is 4.34. The van der Waals surface area contributed by atoms with Gasteiger partial charge in [0.05, 0.1) is 0 Å². The number of likely N-dealkylation sites (N-methyl/N-ethyl adjacent to an activating group) is 1. The second-order valence-corrected chi connectivity index (χ2v) is 4.78. The molecule has 0 aliphatic heterocycles. The van der Waals surface area contributed by atoms with Crippen molar-refractivity contribution in [1.82, 2.24) is 9.88 Å². The molecule has 1 amide bonds. The highest BCUT2D eigenvalue weighted by Crippen LogP contribution is 2.11. The van der Waals surface area contributed by atoms with Crippen molar-refractivity contribution < 1.29 is 4.79 Å². The second kappa shape index (κ2) is 6.34. The van der Waals surface area contributed by atoms with Gasteiger partial charge < -0.3 is 4.90 Å². The van der Waals surface area contributed by atoms with Crippen molar-refractivity contribution in [1.29, 1.82) is 0 Å². The van der Waals surface area contributed by atoms with E-state index in [0.717, 1.165) is 6.42 Å². The van der Waals surface area contributed by atoms with E-state index in [1.165, 1.54) is 5.56 Å². The largest absolute Gasteiger partial charge is 0.341 e. The number of carbonyl (C=O) groups excluding carboxylic acids is 1. The lowest BCUT2D eigenvalue weighted by Gasteiger charge is -2.17. The maximum Gasteiger partial charge on any atom is 0.253 e. The topological polar surface area (TPSA) is 33.2 Å². The summed E-state index contributed by atoms with van der Waals surface area (Å²) in [6, 6.07) is 10.9. The van der Waals surface area contributed by atoms with Crippen LogP contribution < -0.4 is 0 Å². The van der Waals surface area contributed by atoms with Crippen molar-refractivity contribution in [2.75, 3.05) is 13.6 Å².